The second-order valence-corrected chi connectivity index (χ2v) is 5.37. The first-order valence-electron chi connectivity index (χ1n) is 7.15. The molecule has 1 aromatic rings. The lowest BCUT2D eigenvalue weighted by Gasteiger charge is -2.27. The van der Waals surface area contributed by atoms with Crippen molar-refractivity contribution in [2.45, 2.75) is 18.3 Å². The first-order chi connectivity index (χ1) is 11.0. The normalized spacial score (nSPS) is 20.9. The third-order valence-corrected chi connectivity index (χ3v) is 4.00. The fourth-order valence-electron chi connectivity index (χ4n) is 2.95. The molecule has 2 amide bonds. The highest BCUT2D eigenvalue weighted by atomic mass is 16.5. The minimum atomic E-state index is -1.44. The number of hydrogen-bond donors (Lipinski definition) is 1. The summed E-state index contributed by atoms with van der Waals surface area (Å²) in [4.78, 5) is 37.6. The van der Waals surface area contributed by atoms with Crippen LogP contribution in [0.2, 0.25) is 0 Å². The predicted molar refractivity (Wildman–Crippen MR) is 80.1 cm³/mol. The molecule has 1 atom stereocenters. The molecular formula is C16H19NO6. The van der Waals surface area contributed by atoms with E-state index < -0.39 is 29.6 Å². The molecule has 1 heterocycles. The minimum Gasteiger partial charge on any atom is -0.496 e. The number of benzene rings is 1. The van der Waals surface area contributed by atoms with E-state index in [1.807, 2.05) is 0 Å². The fraction of sp³-hybridized carbons (Fsp3) is 0.438. The van der Waals surface area contributed by atoms with Gasteiger partial charge in [0.2, 0.25) is 11.8 Å². The third kappa shape index (κ3) is 3.05. The molecule has 0 aliphatic carbocycles. The molecule has 23 heavy (non-hydrogen) atoms. The Bertz CT molecular complexity index is 629. The SMILES string of the molecule is COCCN1C(=O)C[C@@](CC(=O)O)(c2ccccc2OC)C1=O. The largest absolute Gasteiger partial charge is 0.496 e. The van der Waals surface area contributed by atoms with Crippen LogP contribution in [0.15, 0.2) is 24.3 Å². The minimum absolute atomic E-state index is 0.102. The van der Waals surface area contributed by atoms with Crippen LogP contribution < -0.4 is 4.74 Å². The van der Waals surface area contributed by atoms with Crippen molar-refractivity contribution in [2.75, 3.05) is 27.4 Å². The van der Waals surface area contributed by atoms with E-state index in [1.54, 1.807) is 24.3 Å². The monoisotopic (exact) mass is 321 g/mol. The molecule has 0 unspecified atom stereocenters. The summed E-state index contributed by atoms with van der Waals surface area (Å²) in [6, 6.07) is 6.69. The van der Waals surface area contributed by atoms with E-state index in [0.717, 1.165) is 4.90 Å². The van der Waals surface area contributed by atoms with Crippen molar-refractivity contribution in [3.63, 3.8) is 0 Å². The van der Waals surface area contributed by atoms with Crippen LogP contribution >= 0.6 is 0 Å². The van der Waals surface area contributed by atoms with Crippen LogP contribution in [-0.2, 0) is 24.5 Å². The quantitative estimate of drug-likeness (QED) is 0.747. The number of nitrogens with zero attached hydrogens (tertiary/aromatic N) is 1. The number of para-hydroxylation sites is 1. The first-order valence-corrected chi connectivity index (χ1v) is 7.15. The van der Waals surface area contributed by atoms with Crippen molar-refractivity contribution in [1.82, 2.24) is 4.90 Å². The zero-order valence-corrected chi connectivity index (χ0v) is 13.1. The van der Waals surface area contributed by atoms with Crippen molar-refractivity contribution in [3.8, 4) is 5.75 Å². The summed E-state index contributed by atoms with van der Waals surface area (Å²) in [7, 11) is 2.91. The number of carbonyl (C=O) groups excluding carboxylic acids is 2. The number of carbonyl (C=O) groups is 3. The molecule has 1 aliphatic rings. The molecule has 7 heteroatoms. The Balaban J connectivity index is 2.51. The lowest BCUT2D eigenvalue weighted by molar-refractivity contribution is -0.145. The van der Waals surface area contributed by atoms with Crippen molar-refractivity contribution < 1.29 is 29.0 Å². The number of methoxy groups -OCH3 is 2. The lowest BCUT2D eigenvalue weighted by atomic mass is 9.75. The average Bonchev–Trinajstić information content (AvgIpc) is 2.76. The molecule has 0 bridgehead atoms. The van der Waals surface area contributed by atoms with Crippen LogP contribution in [-0.4, -0.2) is 55.2 Å². The fourth-order valence-corrected chi connectivity index (χ4v) is 2.95. The van der Waals surface area contributed by atoms with Gasteiger partial charge in [-0.05, 0) is 6.07 Å². The molecule has 7 nitrogen and oxygen atoms in total. The second kappa shape index (κ2) is 6.78. The zero-order chi connectivity index (χ0) is 17.0. The number of aliphatic carboxylic acids is 1. The molecular weight excluding hydrogens is 302 g/mol. The Morgan fingerprint density at radius 1 is 1.30 bits per heavy atom. The standard InChI is InChI=1S/C16H19NO6/c1-22-8-7-17-13(18)9-16(15(17)21,10-14(19)20)11-5-3-4-6-12(11)23-2/h3-6H,7-10H2,1-2H3,(H,19,20)/t16-/m1/s1. The van der Waals surface area contributed by atoms with Gasteiger partial charge < -0.3 is 14.6 Å². The van der Waals surface area contributed by atoms with Crippen LogP contribution in [0.25, 0.3) is 0 Å². The second-order valence-electron chi connectivity index (χ2n) is 5.37. The van der Waals surface area contributed by atoms with Gasteiger partial charge >= 0.3 is 5.97 Å². The van der Waals surface area contributed by atoms with E-state index in [1.165, 1.54) is 14.2 Å². The summed E-state index contributed by atoms with van der Waals surface area (Å²) in [5.41, 5.74) is -1.02. The van der Waals surface area contributed by atoms with Gasteiger partial charge in [-0.25, -0.2) is 0 Å². The molecule has 0 aromatic heterocycles. The van der Waals surface area contributed by atoms with Gasteiger partial charge in [-0.3, -0.25) is 19.3 Å². The number of ether oxygens (including phenoxy) is 2. The molecule has 1 N–H and O–H groups in total. The zero-order valence-electron chi connectivity index (χ0n) is 13.1. The highest BCUT2D eigenvalue weighted by Gasteiger charge is 2.54. The number of imide groups is 1. The summed E-state index contributed by atoms with van der Waals surface area (Å²) >= 11 is 0. The van der Waals surface area contributed by atoms with E-state index in [0.29, 0.717) is 11.3 Å². The molecule has 0 saturated carbocycles. The number of rotatable bonds is 7. The molecule has 124 valence electrons. The maximum Gasteiger partial charge on any atom is 0.304 e. The number of hydrogen-bond acceptors (Lipinski definition) is 5. The van der Waals surface area contributed by atoms with E-state index in [4.69, 9.17) is 9.47 Å². The smallest absolute Gasteiger partial charge is 0.304 e. The van der Waals surface area contributed by atoms with E-state index in [2.05, 4.69) is 0 Å². The highest BCUT2D eigenvalue weighted by molar-refractivity contribution is 6.10. The number of likely N-dealkylation sites (tertiary alicyclic amines) is 1. The Morgan fingerprint density at radius 2 is 2.00 bits per heavy atom. The van der Waals surface area contributed by atoms with Gasteiger partial charge in [0.05, 0.1) is 32.1 Å². The Labute approximate surface area is 133 Å². The maximum atomic E-state index is 12.9. The van der Waals surface area contributed by atoms with Crippen LogP contribution in [0.3, 0.4) is 0 Å². The Hall–Kier alpha value is -2.41. The van der Waals surface area contributed by atoms with E-state index in [9.17, 15) is 19.5 Å². The van der Waals surface area contributed by atoms with Crippen LogP contribution in [0.5, 0.6) is 5.75 Å². The van der Waals surface area contributed by atoms with E-state index in [-0.39, 0.29) is 19.6 Å². The summed E-state index contributed by atoms with van der Waals surface area (Å²) < 4.78 is 10.2. The molecule has 0 radical (unpaired) electrons. The van der Waals surface area contributed by atoms with Crippen molar-refractivity contribution in [1.29, 1.82) is 0 Å². The third-order valence-electron chi connectivity index (χ3n) is 4.00. The molecule has 1 aliphatic heterocycles. The summed E-state index contributed by atoms with van der Waals surface area (Å²) in [5, 5.41) is 9.28. The van der Waals surface area contributed by atoms with Crippen molar-refractivity contribution >= 4 is 17.8 Å². The van der Waals surface area contributed by atoms with Gasteiger partial charge in [-0.2, -0.15) is 0 Å². The summed E-state index contributed by atoms with van der Waals surface area (Å²) in [6.07, 6.45) is -0.663. The van der Waals surface area contributed by atoms with Gasteiger partial charge in [-0.15, -0.1) is 0 Å². The topological polar surface area (TPSA) is 93.1 Å². The van der Waals surface area contributed by atoms with Crippen molar-refractivity contribution in [3.05, 3.63) is 29.8 Å². The first kappa shape index (κ1) is 17.0. The Kier molecular flexibility index (Phi) is 5.00. The lowest BCUT2D eigenvalue weighted by Crippen LogP contribution is -2.41. The Morgan fingerprint density at radius 3 is 2.61 bits per heavy atom. The van der Waals surface area contributed by atoms with E-state index >= 15 is 0 Å². The average molecular weight is 321 g/mol. The molecule has 1 fully saturated rings. The van der Waals surface area contributed by atoms with Gasteiger partial charge in [0.25, 0.3) is 0 Å². The van der Waals surface area contributed by atoms with Crippen LogP contribution in [0, 0.1) is 0 Å². The predicted octanol–water partition coefficient (Wildman–Crippen LogP) is 0.813. The number of carboxylic acid groups (broad SMARTS) is 1. The molecule has 2 rings (SSSR count). The van der Waals surface area contributed by atoms with Crippen LogP contribution in [0.1, 0.15) is 18.4 Å². The van der Waals surface area contributed by atoms with Gasteiger partial charge in [-0.1, -0.05) is 18.2 Å². The maximum absolute atomic E-state index is 12.9. The number of carboxylic acids is 1. The van der Waals surface area contributed by atoms with Crippen LogP contribution in [0.4, 0.5) is 0 Å². The van der Waals surface area contributed by atoms with Gasteiger partial charge in [0.1, 0.15) is 5.75 Å². The summed E-state index contributed by atoms with van der Waals surface area (Å²) in [5.74, 6) is -1.68. The van der Waals surface area contributed by atoms with Crippen molar-refractivity contribution in [2.24, 2.45) is 0 Å². The van der Waals surface area contributed by atoms with Gasteiger partial charge in [0, 0.05) is 19.1 Å². The molecule has 0 spiro atoms. The molecule has 1 saturated heterocycles. The molecule has 1 aromatic carbocycles. The summed E-state index contributed by atoms with van der Waals surface area (Å²) in [6.45, 7) is 0.303. The van der Waals surface area contributed by atoms with Gasteiger partial charge in [0.15, 0.2) is 0 Å². The number of amides is 2. The highest BCUT2D eigenvalue weighted by Crippen LogP contribution is 2.43.